The van der Waals surface area contributed by atoms with E-state index in [9.17, 15) is 4.79 Å². The van der Waals surface area contributed by atoms with E-state index in [1.54, 1.807) is 4.90 Å². The minimum Gasteiger partial charge on any atom is -0.307 e. The Morgan fingerprint density at radius 1 is 1.12 bits per heavy atom. The Hall–Kier alpha value is -2.66. The van der Waals surface area contributed by atoms with Crippen molar-refractivity contribution in [2.24, 2.45) is 0 Å². The number of hydrogen-bond acceptors (Lipinski definition) is 3. The number of nitrogens with one attached hydrogen (secondary N) is 1. The molecule has 1 heterocycles. The number of nitrogens with zero attached hydrogens (tertiary/aromatic N) is 2. The fourth-order valence-electron chi connectivity index (χ4n) is 2.71. The van der Waals surface area contributed by atoms with Crippen molar-refractivity contribution in [1.82, 2.24) is 4.98 Å². The highest BCUT2D eigenvalue weighted by atomic mass is 32.1. The maximum atomic E-state index is 12.9. The van der Waals surface area contributed by atoms with E-state index >= 15 is 0 Å². The molecule has 134 valence electrons. The zero-order valence-electron chi connectivity index (χ0n) is 15.3. The molecule has 1 aromatic heterocycles. The summed E-state index contributed by atoms with van der Waals surface area (Å²) in [6.07, 6.45) is 0.862. The van der Waals surface area contributed by atoms with Crippen LogP contribution in [-0.2, 0) is 0 Å². The van der Waals surface area contributed by atoms with Crippen molar-refractivity contribution in [3.8, 4) is 11.3 Å². The predicted molar refractivity (Wildman–Crippen MR) is 110 cm³/mol. The van der Waals surface area contributed by atoms with Crippen LogP contribution in [0.25, 0.3) is 11.3 Å². The van der Waals surface area contributed by atoms with Crippen LogP contribution in [0.1, 0.15) is 24.5 Å². The van der Waals surface area contributed by atoms with Gasteiger partial charge in [0, 0.05) is 23.2 Å². The van der Waals surface area contributed by atoms with E-state index in [0.717, 1.165) is 34.5 Å². The van der Waals surface area contributed by atoms with Gasteiger partial charge in [-0.25, -0.2) is 9.78 Å². The van der Waals surface area contributed by atoms with Gasteiger partial charge in [0.05, 0.1) is 5.69 Å². The summed E-state index contributed by atoms with van der Waals surface area (Å²) in [5.41, 5.74) is 5.04. The highest BCUT2D eigenvalue weighted by Gasteiger charge is 2.19. The maximum absolute atomic E-state index is 12.9. The molecule has 0 radical (unpaired) electrons. The van der Waals surface area contributed by atoms with E-state index in [4.69, 9.17) is 0 Å². The third kappa shape index (κ3) is 3.94. The van der Waals surface area contributed by atoms with Crippen molar-refractivity contribution in [2.75, 3.05) is 16.8 Å². The Kier molecular flexibility index (Phi) is 5.68. The van der Waals surface area contributed by atoms with E-state index in [-0.39, 0.29) is 6.03 Å². The molecule has 0 aliphatic heterocycles. The van der Waals surface area contributed by atoms with Crippen LogP contribution < -0.4 is 10.2 Å². The average molecular weight is 366 g/mol. The number of rotatable bonds is 5. The molecule has 0 unspecified atom stereocenters. The van der Waals surface area contributed by atoms with E-state index in [1.165, 1.54) is 11.3 Å². The van der Waals surface area contributed by atoms with Gasteiger partial charge in [-0.2, -0.15) is 0 Å². The summed E-state index contributed by atoms with van der Waals surface area (Å²) >= 11 is 1.49. The molecule has 0 atom stereocenters. The summed E-state index contributed by atoms with van der Waals surface area (Å²) in [4.78, 5) is 19.3. The smallest absolute Gasteiger partial charge is 0.307 e. The topological polar surface area (TPSA) is 45.2 Å². The second-order valence-corrected chi connectivity index (χ2v) is 7.05. The molecule has 0 bridgehead atoms. The zero-order valence-corrected chi connectivity index (χ0v) is 16.1. The second-order valence-electron chi connectivity index (χ2n) is 6.21. The van der Waals surface area contributed by atoms with Crippen LogP contribution in [0.5, 0.6) is 0 Å². The van der Waals surface area contributed by atoms with Crippen molar-refractivity contribution in [2.45, 2.75) is 27.2 Å². The second kappa shape index (κ2) is 8.15. The lowest BCUT2D eigenvalue weighted by Crippen LogP contribution is -2.35. The van der Waals surface area contributed by atoms with Gasteiger partial charge in [0.2, 0.25) is 0 Å². The molecule has 26 heavy (non-hydrogen) atoms. The molecule has 0 aliphatic carbocycles. The van der Waals surface area contributed by atoms with Gasteiger partial charge in [0.25, 0.3) is 0 Å². The summed E-state index contributed by atoms with van der Waals surface area (Å²) < 4.78 is 0. The molecule has 3 rings (SSSR count). The fourth-order valence-corrected chi connectivity index (χ4v) is 3.56. The quantitative estimate of drug-likeness (QED) is 0.614. The normalized spacial score (nSPS) is 10.6. The Bertz CT molecular complexity index is 889. The summed E-state index contributed by atoms with van der Waals surface area (Å²) in [7, 11) is 0. The molecule has 0 fully saturated rings. The first-order chi connectivity index (χ1) is 12.6. The number of carbonyl (C=O) groups excluding carboxylic acids is 1. The lowest BCUT2D eigenvalue weighted by molar-refractivity contribution is 0.257. The molecule has 0 aliphatic rings. The van der Waals surface area contributed by atoms with Crippen LogP contribution in [0.4, 0.5) is 15.6 Å². The molecule has 2 amide bonds. The van der Waals surface area contributed by atoms with Gasteiger partial charge >= 0.3 is 6.03 Å². The molecule has 0 saturated heterocycles. The molecule has 2 aromatic carbocycles. The van der Waals surface area contributed by atoms with Crippen molar-refractivity contribution >= 4 is 28.2 Å². The Labute approximate surface area is 158 Å². The summed E-state index contributed by atoms with van der Waals surface area (Å²) in [6, 6.07) is 15.8. The summed E-state index contributed by atoms with van der Waals surface area (Å²) in [5, 5.41) is 5.75. The van der Waals surface area contributed by atoms with Crippen LogP contribution in [0, 0.1) is 13.8 Å². The van der Waals surface area contributed by atoms with Gasteiger partial charge in [0.15, 0.2) is 5.13 Å². The van der Waals surface area contributed by atoms with Crippen molar-refractivity contribution < 1.29 is 4.79 Å². The van der Waals surface area contributed by atoms with E-state index < -0.39 is 0 Å². The number of anilines is 2. The minimum absolute atomic E-state index is 0.144. The number of thiazole rings is 1. The largest absolute Gasteiger partial charge is 0.328 e. The van der Waals surface area contributed by atoms with Crippen LogP contribution in [0.2, 0.25) is 0 Å². The van der Waals surface area contributed by atoms with Crippen molar-refractivity contribution in [3.63, 3.8) is 0 Å². The minimum atomic E-state index is -0.144. The number of amides is 2. The maximum Gasteiger partial charge on any atom is 0.328 e. The third-order valence-corrected chi connectivity index (χ3v) is 5.19. The molecule has 0 spiro atoms. The number of urea groups is 1. The zero-order chi connectivity index (χ0) is 18.5. The first-order valence-corrected chi connectivity index (χ1v) is 9.63. The molecule has 4 nitrogen and oxygen atoms in total. The van der Waals surface area contributed by atoms with Crippen LogP contribution in [-0.4, -0.2) is 17.6 Å². The lowest BCUT2D eigenvalue weighted by atomic mass is 10.1. The van der Waals surface area contributed by atoms with Crippen molar-refractivity contribution in [3.05, 3.63) is 65.0 Å². The first kappa shape index (κ1) is 18.1. The Balaban J connectivity index is 1.84. The van der Waals surface area contributed by atoms with E-state index in [0.29, 0.717) is 11.7 Å². The molecule has 5 heteroatoms. The summed E-state index contributed by atoms with van der Waals surface area (Å²) in [6.45, 7) is 6.75. The highest BCUT2D eigenvalue weighted by molar-refractivity contribution is 7.14. The van der Waals surface area contributed by atoms with Crippen LogP contribution >= 0.6 is 11.3 Å². The monoisotopic (exact) mass is 365 g/mol. The fraction of sp³-hybridized carbons (Fsp3) is 0.238. The van der Waals surface area contributed by atoms with Crippen LogP contribution in [0.15, 0.2) is 53.9 Å². The average Bonchev–Trinajstić information content (AvgIpc) is 3.14. The van der Waals surface area contributed by atoms with Gasteiger partial charge in [-0.3, -0.25) is 4.90 Å². The molecule has 1 N–H and O–H groups in total. The highest BCUT2D eigenvalue weighted by Crippen LogP contribution is 2.28. The van der Waals surface area contributed by atoms with Gasteiger partial charge in [-0.05, 0) is 37.5 Å². The molecule has 0 saturated carbocycles. The van der Waals surface area contributed by atoms with Gasteiger partial charge in [-0.1, -0.05) is 49.4 Å². The van der Waals surface area contributed by atoms with Gasteiger partial charge in [-0.15, -0.1) is 11.3 Å². The predicted octanol–water partition coefficient (Wildman–Crippen LogP) is 5.88. The number of carbonyl (C=O) groups is 1. The van der Waals surface area contributed by atoms with E-state index in [2.05, 4.69) is 17.2 Å². The molecular formula is C21H23N3OS. The lowest BCUT2D eigenvalue weighted by Gasteiger charge is -2.20. The van der Waals surface area contributed by atoms with Gasteiger partial charge < -0.3 is 5.32 Å². The van der Waals surface area contributed by atoms with Gasteiger partial charge in [0.1, 0.15) is 0 Å². The third-order valence-electron chi connectivity index (χ3n) is 4.33. The standard InChI is InChI=1S/C21H23N3OS/c1-4-13-24(20(25)22-18-12-8-9-15(2)16(18)3)21-23-19(14-26-21)17-10-6-5-7-11-17/h5-12,14H,4,13H2,1-3H3,(H,22,25). The number of hydrogen-bond donors (Lipinski definition) is 1. The Morgan fingerprint density at radius 3 is 2.62 bits per heavy atom. The Morgan fingerprint density at radius 2 is 1.88 bits per heavy atom. The summed E-state index contributed by atoms with van der Waals surface area (Å²) in [5.74, 6) is 0. The number of aryl methyl sites for hydroxylation is 1. The van der Waals surface area contributed by atoms with Crippen LogP contribution in [0.3, 0.4) is 0 Å². The first-order valence-electron chi connectivity index (χ1n) is 8.76. The molecule has 3 aromatic rings. The van der Waals surface area contributed by atoms with E-state index in [1.807, 2.05) is 67.8 Å². The van der Waals surface area contributed by atoms with Crippen molar-refractivity contribution in [1.29, 1.82) is 0 Å². The SMILES string of the molecule is CCCN(C(=O)Nc1cccc(C)c1C)c1nc(-c2ccccc2)cs1. The molecular weight excluding hydrogens is 342 g/mol. The number of benzene rings is 2. The number of aromatic nitrogens is 1.